The van der Waals surface area contributed by atoms with Gasteiger partial charge in [-0.2, -0.15) is 0 Å². The van der Waals surface area contributed by atoms with Gasteiger partial charge in [0.1, 0.15) is 29.9 Å². The number of carboxylic acid groups (broad SMARTS) is 1. The molecule has 10 nitrogen and oxygen atoms in total. The van der Waals surface area contributed by atoms with E-state index in [1.54, 1.807) is 24.5 Å². The molecule has 1 aromatic rings. The molecule has 2 amide bonds. The second kappa shape index (κ2) is 8.02. The van der Waals surface area contributed by atoms with E-state index in [-0.39, 0.29) is 22.2 Å². The highest BCUT2D eigenvalue weighted by Gasteiger charge is 2.54. The fourth-order valence-electron chi connectivity index (χ4n) is 2.87. The number of oxime groups is 1. The Balaban J connectivity index is 1.80. The first-order valence-electron chi connectivity index (χ1n) is 8.06. The van der Waals surface area contributed by atoms with Gasteiger partial charge in [0.2, 0.25) is 0 Å². The second-order valence-corrected chi connectivity index (χ2v) is 7.73. The SMILES string of the molecule is C/C=C/C1=C(C(=O)O)N2C(=O)C(NC(=O)/C(=N\OC)c3csc(N)n3)C2SC1. The van der Waals surface area contributed by atoms with Gasteiger partial charge in [0.25, 0.3) is 11.8 Å². The van der Waals surface area contributed by atoms with Gasteiger partial charge in [0, 0.05) is 11.1 Å². The third-order valence-corrected chi connectivity index (χ3v) is 5.99. The maximum absolute atomic E-state index is 12.6. The molecule has 1 aromatic heterocycles. The molecule has 12 heteroatoms. The molecular formula is C16H17N5O5S2. The Hall–Kier alpha value is -2.86. The molecule has 28 heavy (non-hydrogen) atoms. The quantitative estimate of drug-likeness (QED) is 0.338. The van der Waals surface area contributed by atoms with E-state index in [0.29, 0.717) is 11.3 Å². The van der Waals surface area contributed by atoms with Crippen molar-refractivity contribution in [3.63, 3.8) is 0 Å². The van der Waals surface area contributed by atoms with Crippen LogP contribution in [-0.2, 0) is 19.2 Å². The van der Waals surface area contributed by atoms with Crippen molar-refractivity contribution in [2.24, 2.45) is 5.16 Å². The summed E-state index contributed by atoms with van der Waals surface area (Å²) in [7, 11) is 1.28. The number of carbonyl (C=O) groups excluding carboxylic acids is 2. The number of β-lactam (4-membered cyclic amide) rings is 1. The van der Waals surface area contributed by atoms with E-state index in [9.17, 15) is 19.5 Å². The summed E-state index contributed by atoms with van der Waals surface area (Å²) in [5.41, 5.74) is 6.19. The Bertz CT molecular complexity index is 922. The molecule has 0 aliphatic carbocycles. The van der Waals surface area contributed by atoms with Crippen LogP contribution >= 0.6 is 23.1 Å². The predicted octanol–water partition coefficient (Wildman–Crippen LogP) is 0.391. The predicted molar refractivity (Wildman–Crippen MR) is 105 cm³/mol. The van der Waals surface area contributed by atoms with Gasteiger partial charge < -0.3 is 21.0 Å². The number of allylic oxidation sites excluding steroid dienone is 2. The zero-order valence-corrected chi connectivity index (χ0v) is 16.5. The largest absolute Gasteiger partial charge is 0.477 e. The lowest BCUT2D eigenvalue weighted by Crippen LogP contribution is -2.71. The summed E-state index contributed by atoms with van der Waals surface area (Å²) in [5.74, 6) is -1.93. The van der Waals surface area contributed by atoms with Crippen molar-refractivity contribution in [1.82, 2.24) is 15.2 Å². The number of carbonyl (C=O) groups is 3. The van der Waals surface area contributed by atoms with Crippen LogP contribution in [0.25, 0.3) is 0 Å². The molecule has 0 saturated carbocycles. The molecule has 2 unspecified atom stereocenters. The average molecular weight is 423 g/mol. The number of amides is 2. The number of nitrogens with one attached hydrogen (secondary N) is 1. The maximum Gasteiger partial charge on any atom is 0.352 e. The number of nitrogens with zero attached hydrogens (tertiary/aromatic N) is 3. The fraction of sp³-hybridized carbons (Fsp3) is 0.312. The molecule has 2 atom stereocenters. The summed E-state index contributed by atoms with van der Waals surface area (Å²) in [5, 5.41) is 17.1. The van der Waals surface area contributed by atoms with Crippen LogP contribution in [0.4, 0.5) is 5.13 Å². The van der Waals surface area contributed by atoms with Crippen LogP contribution in [0.1, 0.15) is 12.6 Å². The van der Waals surface area contributed by atoms with Crippen molar-refractivity contribution in [2.45, 2.75) is 18.3 Å². The zero-order chi connectivity index (χ0) is 20.4. The number of hydrogen-bond acceptors (Lipinski definition) is 9. The van der Waals surface area contributed by atoms with Gasteiger partial charge in [0.05, 0.1) is 0 Å². The topological polar surface area (TPSA) is 147 Å². The fourth-order valence-corrected chi connectivity index (χ4v) is 4.74. The van der Waals surface area contributed by atoms with E-state index in [1.807, 2.05) is 0 Å². The summed E-state index contributed by atoms with van der Waals surface area (Å²) in [4.78, 5) is 46.8. The molecule has 148 valence electrons. The third kappa shape index (κ3) is 3.47. The number of hydrogen-bond donors (Lipinski definition) is 3. The van der Waals surface area contributed by atoms with Crippen LogP contribution < -0.4 is 11.1 Å². The van der Waals surface area contributed by atoms with Gasteiger partial charge in [-0.05, 0) is 12.5 Å². The van der Waals surface area contributed by atoms with Crippen LogP contribution in [-0.4, -0.2) is 62.8 Å². The van der Waals surface area contributed by atoms with Crippen LogP contribution in [0, 0.1) is 0 Å². The molecule has 4 N–H and O–H groups in total. The van der Waals surface area contributed by atoms with Gasteiger partial charge in [0.15, 0.2) is 10.8 Å². The first-order valence-corrected chi connectivity index (χ1v) is 9.99. The standard InChI is InChI=1S/C16H17N5O5S2/c1-3-4-7-5-27-14-10(13(23)21(14)11(7)15(24)25)19-12(22)9(20-26-2)8-6-28-16(17)18-8/h3-4,6,10,14H,5H2,1-2H3,(H2,17,18)(H,19,22)(H,24,25)/b4-3+,20-9-. The molecule has 2 aliphatic heterocycles. The van der Waals surface area contributed by atoms with Crippen molar-refractivity contribution in [1.29, 1.82) is 0 Å². The lowest BCUT2D eigenvalue weighted by molar-refractivity contribution is -0.150. The molecule has 3 heterocycles. The zero-order valence-electron chi connectivity index (χ0n) is 14.9. The highest BCUT2D eigenvalue weighted by atomic mass is 32.2. The molecule has 1 fully saturated rings. The van der Waals surface area contributed by atoms with Crippen molar-refractivity contribution in [2.75, 3.05) is 18.6 Å². The highest BCUT2D eigenvalue weighted by molar-refractivity contribution is 8.00. The smallest absolute Gasteiger partial charge is 0.352 e. The number of carboxylic acids is 1. The van der Waals surface area contributed by atoms with E-state index in [1.165, 1.54) is 23.8 Å². The lowest BCUT2D eigenvalue weighted by Gasteiger charge is -2.49. The Kier molecular flexibility index (Phi) is 5.70. The summed E-state index contributed by atoms with van der Waals surface area (Å²) in [6, 6.07) is -0.878. The monoisotopic (exact) mass is 423 g/mol. The summed E-state index contributed by atoms with van der Waals surface area (Å²) < 4.78 is 0. The van der Waals surface area contributed by atoms with Crippen molar-refractivity contribution in [3.8, 4) is 0 Å². The molecule has 3 rings (SSSR count). The normalized spacial score (nSPS) is 22.1. The van der Waals surface area contributed by atoms with Crippen molar-refractivity contribution in [3.05, 3.63) is 34.5 Å². The molecule has 0 spiro atoms. The van der Waals surface area contributed by atoms with Crippen LogP contribution in [0.3, 0.4) is 0 Å². The molecule has 0 bridgehead atoms. The summed E-state index contributed by atoms with van der Waals surface area (Å²) >= 11 is 2.51. The van der Waals surface area contributed by atoms with E-state index in [4.69, 9.17) is 10.6 Å². The minimum atomic E-state index is -1.18. The van der Waals surface area contributed by atoms with Gasteiger partial charge >= 0.3 is 5.97 Å². The van der Waals surface area contributed by atoms with Crippen molar-refractivity contribution >= 4 is 51.7 Å². The number of thiazole rings is 1. The van der Waals surface area contributed by atoms with Gasteiger partial charge in [-0.25, -0.2) is 9.78 Å². The lowest BCUT2D eigenvalue weighted by atomic mass is 10.0. The maximum atomic E-state index is 12.6. The minimum absolute atomic E-state index is 0.0598. The Morgan fingerprint density at radius 1 is 1.54 bits per heavy atom. The molecule has 1 saturated heterocycles. The first kappa shape index (κ1) is 19.9. The van der Waals surface area contributed by atoms with E-state index < -0.39 is 29.2 Å². The van der Waals surface area contributed by atoms with E-state index in [2.05, 4.69) is 15.5 Å². The Labute approximate surface area is 168 Å². The summed E-state index contributed by atoms with van der Waals surface area (Å²) in [6.45, 7) is 1.77. The van der Waals surface area contributed by atoms with Gasteiger partial charge in [-0.15, -0.1) is 23.1 Å². The number of nitrogen functional groups attached to an aromatic ring is 1. The number of nitrogens with two attached hydrogens (primary N) is 1. The van der Waals surface area contributed by atoms with Gasteiger partial charge in [-0.1, -0.05) is 17.3 Å². The molecule has 2 aliphatic rings. The van der Waals surface area contributed by atoms with Crippen LogP contribution in [0.5, 0.6) is 0 Å². The van der Waals surface area contributed by atoms with Crippen LogP contribution in [0.2, 0.25) is 0 Å². The van der Waals surface area contributed by atoms with Gasteiger partial charge in [-0.3, -0.25) is 14.5 Å². The molecular weight excluding hydrogens is 406 g/mol. The second-order valence-electron chi connectivity index (χ2n) is 5.73. The molecule has 0 aromatic carbocycles. The Morgan fingerprint density at radius 2 is 2.29 bits per heavy atom. The average Bonchev–Trinajstić information content (AvgIpc) is 3.09. The van der Waals surface area contributed by atoms with E-state index >= 15 is 0 Å². The number of anilines is 1. The minimum Gasteiger partial charge on any atom is -0.477 e. The molecule has 0 radical (unpaired) electrons. The number of thioether (sulfide) groups is 1. The van der Waals surface area contributed by atoms with Crippen molar-refractivity contribution < 1.29 is 24.3 Å². The van der Waals surface area contributed by atoms with E-state index in [0.717, 1.165) is 11.3 Å². The number of aromatic nitrogens is 1. The number of fused-ring (bicyclic) bond motifs is 1. The number of aliphatic carboxylic acids is 1. The third-order valence-electron chi connectivity index (χ3n) is 4.02. The Morgan fingerprint density at radius 3 is 2.86 bits per heavy atom. The first-order chi connectivity index (χ1) is 13.4. The number of rotatable bonds is 6. The highest BCUT2D eigenvalue weighted by Crippen LogP contribution is 2.40. The van der Waals surface area contributed by atoms with Crippen LogP contribution in [0.15, 0.2) is 34.0 Å². The summed E-state index contributed by atoms with van der Waals surface area (Å²) in [6.07, 6.45) is 3.39.